The Bertz CT molecular complexity index is 624. The van der Waals surface area contributed by atoms with Gasteiger partial charge in [0.1, 0.15) is 18.1 Å². The van der Waals surface area contributed by atoms with E-state index in [4.69, 9.17) is 22.7 Å². The third-order valence-electron chi connectivity index (χ3n) is 3.87. The van der Waals surface area contributed by atoms with Crippen molar-refractivity contribution in [1.29, 1.82) is 0 Å². The molecule has 0 amide bonds. The molecule has 0 aliphatic carbocycles. The van der Waals surface area contributed by atoms with E-state index in [0.717, 1.165) is 11.3 Å². The second kappa shape index (κ2) is 7.73. The quantitative estimate of drug-likeness (QED) is 0.512. The summed E-state index contributed by atoms with van der Waals surface area (Å²) < 4.78 is 5.81. The largest absolute Gasteiger partial charge is 0.488 e. The number of rotatable bonds is 8. The summed E-state index contributed by atoms with van der Waals surface area (Å²) in [6, 6.07) is 11.6. The van der Waals surface area contributed by atoms with E-state index in [-0.39, 0.29) is 12.5 Å². The molecule has 1 heterocycles. The van der Waals surface area contributed by atoms with Gasteiger partial charge in [-0.1, -0.05) is 38.2 Å². The zero-order chi connectivity index (χ0) is 16.9. The first-order valence-corrected chi connectivity index (χ1v) is 8.22. The van der Waals surface area contributed by atoms with E-state index >= 15 is 0 Å². The summed E-state index contributed by atoms with van der Waals surface area (Å²) in [7, 11) is 0. The minimum Gasteiger partial charge on any atom is -0.488 e. The Kier molecular flexibility index (Phi) is 5.93. The molecule has 0 saturated heterocycles. The fourth-order valence-electron chi connectivity index (χ4n) is 2.42. The van der Waals surface area contributed by atoms with Crippen LogP contribution in [0.4, 0.5) is 0 Å². The van der Waals surface area contributed by atoms with Gasteiger partial charge in [-0.25, -0.2) is 0 Å². The van der Waals surface area contributed by atoms with Crippen molar-refractivity contribution < 1.29 is 9.84 Å². The number of aromatic amines is 1. The second-order valence-electron chi connectivity index (χ2n) is 6.22. The van der Waals surface area contributed by atoms with Crippen LogP contribution in [0.25, 0.3) is 11.3 Å². The van der Waals surface area contributed by atoms with Gasteiger partial charge < -0.3 is 20.6 Å². The number of para-hydroxylation sites is 1. The molecule has 2 atom stereocenters. The maximum Gasteiger partial charge on any atom is 0.148 e. The van der Waals surface area contributed by atoms with E-state index in [1.54, 1.807) is 5.37 Å². The van der Waals surface area contributed by atoms with Crippen molar-refractivity contribution in [2.24, 2.45) is 17.6 Å². The van der Waals surface area contributed by atoms with Gasteiger partial charge in [0, 0.05) is 23.9 Å². The highest BCUT2D eigenvalue weighted by atomic mass is 32.1. The van der Waals surface area contributed by atoms with Gasteiger partial charge >= 0.3 is 0 Å². The van der Waals surface area contributed by atoms with Crippen molar-refractivity contribution in [3.8, 4) is 17.0 Å². The molecule has 2 unspecified atom stereocenters. The average molecular weight is 332 g/mol. The molecule has 1 aromatic carbocycles. The maximum atomic E-state index is 10.4. The molecule has 2 rings (SSSR count). The lowest BCUT2D eigenvalue weighted by Crippen LogP contribution is -2.47. The number of nitrogens with two attached hydrogens (primary N) is 1. The van der Waals surface area contributed by atoms with Crippen LogP contribution in [-0.4, -0.2) is 27.8 Å². The van der Waals surface area contributed by atoms with Crippen molar-refractivity contribution >= 4 is 17.6 Å². The summed E-state index contributed by atoms with van der Waals surface area (Å²) in [5.74, 6) is 1.08. The lowest BCUT2D eigenvalue weighted by Gasteiger charge is -2.28. The first-order chi connectivity index (χ1) is 10.9. The number of thiocarbonyl (C=S) groups is 1. The number of ether oxygens (including phenoxy) is 1. The SMILES string of the molecule is CC(C)C(C=S)CC(N)(O)COc1ccccc1-c1ccc[nH]1. The number of hydrogen-bond donors (Lipinski definition) is 3. The maximum absolute atomic E-state index is 10.4. The van der Waals surface area contributed by atoms with Gasteiger partial charge in [-0.05, 0) is 41.5 Å². The summed E-state index contributed by atoms with van der Waals surface area (Å²) in [6.07, 6.45) is 2.23. The third-order valence-corrected chi connectivity index (χ3v) is 4.22. The number of nitrogens with one attached hydrogen (secondary N) is 1. The smallest absolute Gasteiger partial charge is 0.148 e. The van der Waals surface area contributed by atoms with Crippen molar-refractivity contribution in [2.75, 3.05) is 6.61 Å². The Morgan fingerprint density at radius 2 is 2.04 bits per heavy atom. The van der Waals surface area contributed by atoms with Crippen molar-refractivity contribution in [3.63, 3.8) is 0 Å². The molecular formula is C18H24N2O2S. The second-order valence-corrected chi connectivity index (χ2v) is 6.49. The Morgan fingerprint density at radius 3 is 2.65 bits per heavy atom. The third kappa shape index (κ3) is 4.89. The highest BCUT2D eigenvalue weighted by molar-refractivity contribution is 7.79. The Balaban J connectivity index is 2.07. The summed E-state index contributed by atoms with van der Waals surface area (Å²) >= 11 is 5.03. The monoisotopic (exact) mass is 332 g/mol. The number of aliphatic hydroxyl groups is 1. The number of H-pyrrole nitrogens is 1. The standard InChI is InChI=1S/C18H24N2O2S/c1-13(2)14(11-23)10-18(19,21)12-22-17-8-4-3-6-15(17)16-7-5-9-20-16/h3-9,11,13-14,20-21H,10,12,19H2,1-2H3. The van der Waals surface area contributed by atoms with Gasteiger partial charge in [0.05, 0.1) is 0 Å². The average Bonchev–Trinajstić information content (AvgIpc) is 3.05. The summed E-state index contributed by atoms with van der Waals surface area (Å²) in [5.41, 5.74) is 6.47. The van der Waals surface area contributed by atoms with Gasteiger partial charge in [-0.2, -0.15) is 0 Å². The first-order valence-electron chi connectivity index (χ1n) is 7.75. The number of hydrogen-bond acceptors (Lipinski definition) is 4. The highest BCUT2D eigenvalue weighted by Gasteiger charge is 2.28. The first kappa shape index (κ1) is 17.7. The van der Waals surface area contributed by atoms with Crippen molar-refractivity contribution in [3.05, 3.63) is 42.6 Å². The Hall–Kier alpha value is -1.69. The fourth-order valence-corrected chi connectivity index (χ4v) is 2.83. The molecule has 0 aliphatic heterocycles. The zero-order valence-corrected chi connectivity index (χ0v) is 14.3. The molecule has 23 heavy (non-hydrogen) atoms. The van der Waals surface area contributed by atoms with E-state index < -0.39 is 5.72 Å². The lowest BCUT2D eigenvalue weighted by atomic mass is 9.90. The fraction of sp³-hybridized carbons (Fsp3) is 0.389. The Labute approximate surface area is 142 Å². The molecule has 0 bridgehead atoms. The lowest BCUT2D eigenvalue weighted by molar-refractivity contribution is -0.0163. The Morgan fingerprint density at radius 1 is 1.30 bits per heavy atom. The molecule has 0 saturated carbocycles. The van der Waals surface area contributed by atoms with Crippen LogP contribution in [0.3, 0.4) is 0 Å². The van der Waals surface area contributed by atoms with E-state index in [0.29, 0.717) is 18.1 Å². The van der Waals surface area contributed by atoms with Gasteiger partial charge in [0.15, 0.2) is 0 Å². The van der Waals surface area contributed by atoms with E-state index in [1.165, 1.54) is 0 Å². The van der Waals surface area contributed by atoms with E-state index in [2.05, 4.69) is 18.8 Å². The van der Waals surface area contributed by atoms with Gasteiger partial charge in [-0.3, -0.25) is 0 Å². The molecule has 4 nitrogen and oxygen atoms in total. The molecule has 5 heteroatoms. The molecule has 0 fully saturated rings. The number of benzene rings is 1. The van der Waals surface area contributed by atoms with Crippen LogP contribution >= 0.6 is 12.2 Å². The van der Waals surface area contributed by atoms with Gasteiger partial charge in [-0.15, -0.1) is 0 Å². The summed E-state index contributed by atoms with van der Waals surface area (Å²) in [6.45, 7) is 4.13. The molecule has 124 valence electrons. The number of aromatic nitrogens is 1. The minimum absolute atomic E-state index is 0.0110. The molecule has 1 aromatic heterocycles. The summed E-state index contributed by atoms with van der Waals surface area (Å²) in [5, 5.41) is 12.1. The van der Waals surface area contributed by atoms with Crippen LogP contribution in [0, 0.1) is 11.8 Å². The predicted octanol–water partition coefficient (Wildman–Crippen LogP) is 3.37. The van der Waals surface area contributed by atoms with Crippen LogP contribution < -0.4 is 10.5 Å². The molecule has 0 radical (unpaired) electrons. The molecule has 4 N–H and O–H groups in total. The normalized spacial score (nSPS) is 15.2. The molecular weight excluding hydrogens is 308 g/mol. The predicted molar refractivity (Wildman–Crippen MR) is 97.5 cm³/mol. The van der Waals surface area contributed by atoms with Crippen LogP contribution in [0.1, 0.15) is 20.3 Å². The summed E-state index contributed by atoms with van der Waals surface area (Å²) in [4.78, 5) is 3.15. The van der Waals surface area contributed by atoms with E-state index in [1.807, 2.05) is 42.6 Å². The van der Waals surface area contributed by atoms with E-state index in [9.17, 15) is 5.11 Å². The van der Waals surface area contributed by atoms with Crippen molar-refractivity contribution in [1.82, 2.24) is 4.98 Å². The highest BCUT2D eigenvalue weighted by Crippen LogP contribution is 2.29. The topological polar surface area (TPSA) is 71.3 Å². The van der Waals surface area contributed by atoms with Crippen LogP contribution in [0.5, 0.6) is 5.75 Å². The molecule has 2 aromatic rings. The van der Waals surface area contributed by atoms with Gasteiger partial charge in [0.25, 0.3) is 0 Å². The van der Waals surface area contributed by atoms with Crippen molar-refractivity contribution in [2.45, 2.75) is 26.0 Å². The van der Waals surface area contributed by atoms with Gasteiger partial charge in [0.2, 0.25) is 0 Å². The van der Waals surface area contributed by atoms with Crippen LogP contribution in [0.15, 0.2) is 42.6 Å². The molecule has 0 spiro atoms. The minimum atomic E-state index is -1.42. The molecule has 0 aliphatic rings. The zero-order valence-electron chi connectivity index (χ0n) is 13.5. The van der Waals surface area contributed by atoms with Crippen LogP contribution in [0.2, 0.25) is 0 Å². The van der Waals surface area contributed by atoms with Crippen LogP contribution in [-0.2, 0) is 0 Å².